The van der Waals surface area contributed by atoms with Gasteiger partial charge in [-0.05, 0) is 40.2 Å². The van der Waals surface area contributed by atoms with Gasteiger partial charge < -0.3 is 14.0 Å². The number of amides is 1. The molecule has 1 aromatic carbocycles. The van der Waals surface area contributed by atoms with Crippen molar-refractivity contribution in [3.63, 3.8) is 0 Å². The summed E-state index contributed by atoms with van der Waals surface area (Å²) >= 11 is 0. The Morgan fingerprint density at radius 1 is 1.14 bits per heavy atom. The van der Waals surface area contributed by atoms with Crippen LogP contribution < -0.4 is 0 Å². The third-order valence-electron chi connectivity index (χ3n) is 5.62. The number of nitrogens with zero attached hydrogens (tertiary/aromatic N) is 4. The maximum Gasteiger partial charge on any atom is 0.434 e. The highest BCUT2D eigenvalue weighted by atomic mass is 19.4. The summed E-state index contributed by atoms with van der Waals surface area (Å²) < 4.78 is 52.2. The van der Waals surface area contributed by atoms with E-state index >= 15 is 0 Å². The fraction of sp³-hybridized carbons (Fsp3) is 0.556. The highest BCUT2D eigenvalue weighted by Gasteiger charge is 2.35. The van der Waals surface area contributed by atoms with Crippen LogP contribution in [0.4, 0.5) is 18.0 Å². The second kappa shape index (κ2) is 12.0. The second-order valence-corrected chi connectivity index (χ2v) is 10.2. The van der Waals surface area contributed by atoms with Gasteiger partial charge in [0.2, 0.25) is 0 Å². The van der Waals surface area contributed by atoms with Gasteiger partial charge in [-0.1, -0.05) is 36.1 Å². The molecule has 0 radical (unpaired) electrons. The predicted octanol–water partition coefficient (Wildman–Crippen LogP) is 5.22. The van der Waals surface area contributed by atoms with Crippen LogP contribution in [0.2, 0.25) is 0 Å². The molecule has 0 spiro atoms. The quantitative estimate of drug-likeness (QED) is 0.489. The lowest BCUT2D eigenvalue weighted by atomic mass is 10.1. The zero-order chi connectivity index (χ0) is 27.2. The van der Waals surface area contributed by atoms with E-state index in [1.165, 1.54) is 9.47 Å². The van der Waals surface area contributed by atoms with Crippen LogP contribution >= 0.6 is 0 Å². The van der Waals surface area contributed by atoms with E-state index in [0.29, 0.717) is 25.3 Å². The first kappa shape index (κ1) is 28.5. The number of benzene rings is 1. The van der Waals surface area contributed by atoms with Crippen LogP contribution in [0.15, 0.2) is 30.5 Å². The summed E-state index contributed by atoms with van der Waals surface area (Å²) in [7, 11) is 0. The highest BCUT2D eigenvalue weighted by Crippen LogP contribution is 2.32. The van der Waals surface area contributed by atoms with Gasteiger partial charge in [0.15, 0.2) is 5.69 Å². The highest BCUT2D eigenvalue weighted by molar-refractivity contribution is 5.68. The second-order valence-electron chi connectivity index (χ2n) is 10.2. The monoisotopic (exact) mass is 520 g/mol. The van der Waals surface area contributed by atoms with Crippen LogP contribution in [-0.4, -0.2) is 70.4 Å². The Bertz CT molecular complexity index is 1100. The Hall–Kier alpha value is -3.03. The molecular formula is C27H35F3N4O3. The number of ether oxygens (including phenoxy) is 2. The topological polar surface area (TPSA) is 59.8 Å². The number of hydrogen-bond donors (Lipinski definition) is 0. The fourth-order valence-electron chi connectivity index (χ4n) is 3.71. The van der Waals surface area contributed by atoms with Gasteiger partial charge in [0.1, 0.15) is 11.4 Å². The number of alkyl halides is 3. The summed E-state index contributed by atoms with van der Waals surface area (Å²) in [4.78, 5) is 20.4. The van der Waals surface area contributed by atoms with E-state index in [0.717, 1.165) is 24.8 Å². The van der Waals surface area contributed by atoms with Crippen LogP contribution in [-0.2, 0) is 22.2 Å². The molecule has 0 N–H and O–H groups in total. The minimum atomic E-state index is -4.52. The van der Waals surface area contributed by atoms with E-state index in [9.17, 15) is 18.0 Å². The van der Waals surface area contributed by atoms with Gasteiger partial charge in [-0.15, -0.1) is 0 Å². The van der Waals surface area contributed by atoms with Crippen LogP contribution in [0.25, 0.3) is 11.4 Å². The van der Waals surface area contributed by atoms with Gasteiger partial charge in [0.25, 0.3) is 0 Å². The normalized spacial score (nSPS) is 14.8. The first-order valence-electron chi connectivity index (χ1n) is 12.3. The Balaban J connectivity index is 1.75. The summed E-state index contributed by atoms with van der Waals surface area (Å²) in [6, 6.07) is 6.79. The Labute approximate surface area is 216 Å². The molecular weight excluding hydrogens is 485 g/mol. The number of morpholine rings is 1. The molecule has 2 aromatic rings. The third kappa shape index (κ3) is 8.51. The summed E-state index contributed by atoms with van der Waals surface area (Å²) in [6.07, 6.45) is -3.97. The molecule has 1 amide bonds. The number of aromatic nitrogens is 2. The van der Waals surface area contributed by atoms with E-state index < -0.39 is 23.6 Å². The van der Waals surface area contributed by atoms with Crippen molar-refractivity contribution in [2.45, 2.75) is 59.0 Å². The zero-order valence-corrected chi connectivity index (χ0v) is 22.1. The molecule has 1 aliphatic rings. The number of hydrogen-bond acceptors (Lipinski definition) is 5. The summed E-state index contributed by atoms with van der Waals surface area (Å²) in [6.45, 7) is 13.1. The first-order valence-corrected chi connectivity index (χ1v) is 12.3. The average Bonchev–Trinajstić information content (AvgIpc) is 3.28. The van der Waals surface area contributed by atoms with Crippen LogP contribution in [0.3, 0.4) is 0 Å². The van der Waals surface area contributed by atoms with Gasteiger partial charge in [0.05, 0.1) is 26.3 Å². The molecule has 0 aliphatic carbocycles. The van der Waals surface area contributed by atoms with Crippen molar-refractivity contribution in [3.05, 3.63) is 41.7 Å². The lowest BCUT2D eigenvalue weighted by molar-refractivity contribution is -0.140. The van der Waals surface area contributed by atoms with Gasteiger partial charge in [0, 0.05) is 37.4 Å². The Morgan fingerprint density at radius 2 is 1.78 bits per heavy atom. The Kier molecular flexibility index (Phi) is 9.26. The van der Waals surface area contributed by atoms with E-state index in [-0.39, 0.29) is 25.0 Å². The number of halogens is 3. The molecule has 37 heavy (non-hydrogen) atoms. The molecule has 1 aliphatic heterocycles. The number of rotatable bonds is 6. The van der Waals surface area contributed by atoms with Gasteiger partial charge >= 0.3 is 12.3 Å². The predicted molar refractivity (Wildman–Crippen MR) is 135 cm³/mol. The molecule has 1 aromatic heterocycles. The van der Waals surface area contributed by atoms with Gasteiger partial charge in [-0.25, -0.2) is 9.78 Å². The molecule has 202 valence electrons. The number of carbonyl (C=O) groups excluding carboxylic acids is 1. The van der Waals surface area contributed by atoms with Crippen LogP contribution in [0.5, 0.6) is 0 Å². The number of carbonyl (C=O) groups is 1. The molecule has 2 heterocycles. The maximum atomic E-state index is 13.2. The molecule has 0 bridgehead atoms. The average molecular weight is 521 g/mol. The lowest BCUT2D eigenvalue weighted by Crippen LogP contribution is -2.37. The molecule has 3 rings (SSSR count). The molecule has 10 heteroatoms. The van der Waals surface area contributed by atoms with Crippen molar-refractivity contribution in [1.82, 2.24) is 19.4 Å². The Morgan fingerprint density at radius 3 is 2.35 bits per heavy atom. The first-order chi connectivity index (χ1) is 17.3. The van der Waals surface area contributed by atoms with E-state index in [4.69, 9.17) is 9.47 Å². The molecule has 0 saturated carbocycles. The maximum absolute atomic E-state index is 13.2. The molecule has 7 nitrogen and oxygen atoms in total. The fourth-order valence-corrected chi connectivity index (χ4v) is 3.71. The third-order valence-corrected chi connectivity index (χ3v) is 5.62. The van der Waals surface area contributed by atoms with Crippen molar-refractivity contribution in [2.24, 2.45) is 0 Å². The number of imidazole rings is 1. The van der Waals surface area contributed by atoms with Crippen molar-refractivity contribution >= 4 is 6.09 Å². The largest absolute Gasteiger partial charge is 0.444 e. The molecule has 1 fully saturated rings. The zero-order valence-electron chi connectivity index (χ0n) is 22.1. The van der Waals surface area contributed by atoms with Gasteiger partial charge in [-0.2, -0.15) is 13.2 Å². The summed E-state index contributed by atoms with van der Waals surface area (Å²) in [5, 5.41) is 0. The molecule has 0 unspecified atom stereocenters. The summed E-state index contributed by atoms with van der Waals surface area (Å²) in [5.74, 6) is 6.43. The SMILES string of the molecule is CC(C)n1cc(C(F)(F)F)nc1-c1ccc(CN(CC#CCN2CCOCC2)C(=O)OC(C)(C)C)cc1. The van der Waals surface area contributed by atoms with Crippen LogP contribution in [0.1, 0.15) is 51.9 Å². The van der Waals surface area contributed by atoms with E-state index in [1.54, 1.807) is 58.9 Å². The lowest BCUT2D eigenvalue weighted by Gasteiger charge is -2.26. The summed E-state index contributed by atoms with van der Waals surface area (Å²) in [5.41, 5.74) is -0.234. The van der Waals surface area contributed by atoms with E-state index in [2.05, 4.69) is 21.7 Å². The van der Waals surface area contributed by atoms with Gasteiger partial charge in [-0.3, -0.25) is 9.80 Å². The van der Waals surface area contributed by atoms with Crippen molar-refractivity contribution in [3.8, 4) is 23.2 Å². The minimum Gasteiger partial charge on any atom is -0.444 e. The van der Waals surface area contributed by atoms with Crippen LogP contribution in [0, 0.1) is 11.8 Å². The molecule has 1 saturated heterocycles. The molecule has 0 atom stereocenters. The van der Waals surface area contributed by atoms with Crippen molar-refractivity contribution in [2.75, 3.05) is 39.4 Å². The van der Waals surface area contributed by atoms with E-state index in [1.807, 2.05) is 0 Å². The standard InChI is InChI=1S/C27H35F3N4O3/c1-20(2)34-19-23(27(28,29)30)31-24(34)22-10-8-21(9-11-22)18-33(25(35)37-26(3,4)5)13-7-6-12-32-14-16-36-17-15-32/h8-11,19-20H,12-18H2,1-5H3. The minimum absolute atomic E-state index is 0.188. The van der Waals surface area contributed by atoms with Crippen molar-refractivity contribution < 1.29 is 27.4 Å². The smallest absolute Gasteiger partial charge is 0.434 e. The van der Waals surface area contributed by atoms with Crippen molar-refractivity contribution in [1.29, 1.82) is 0 Å².